The lowest BCUT2D eigenvalue weighted by Gasteiger charge is -2.23. The van der Waals surface area contributed by atoms with Gasteiger partial charge in [0.05, 0.1) is 17.2 Å². The number of furan rings is 1. The summed E-state index contributed by atoms with van der Waals surface area (Å²) in [5.41, 5.74) is 1.97. The van der Waals surface area contributed by atoms with Crippen molar-refractivity contribution in [1.82, 2.24) is 10.3 Å². The Balaban J connectivity index is 1.58. The highest BCUT2D eigenvalue weighted by molar-refractivity contribution is 7.92. The molecule has 1 fully saturated rings. The quantitative estimate of drug-likeness (QED) is 0.205. The van der Waals surface area contributed by atoms with Crippen molar-refractivity contribution in [1.29, 1.82) is 0 Å². The summed E-state index contributed by atoms with van der Waals surface area (Å²) in [6.07, 6.45) is 5.64. The number of pyridine rings is 1. The lowest BCUT2D eigenvalue weighted by atomic mass is 10.0. The molecule has 0 radical (unpaired) electrons. The first-order valence-electron chi connectivity index (χ1n) is 13.4. The highest BCUT2D eigenvalue weighted by atomic mass is 32.2. The van der Waals surface area contributed by atoms with Gasteiger partial charge >= 0.3 is 0 Å². The van der Waals surface area contributed by atoms with Crippen molar-refractivity contribution in [2.24, 2.45) is 0 Å². The number of nitrogens with one attached hydrogen (secondary N) is 1. The number of halogens is 1. The maximum absolute atomic E-state index is 13.2. The number of carbonyl (C=O) groups excluding carboxylic acids is 1. The summed E-state index contributed by atoms with van der Waals surface area (Å²) in [6.45, 7) is 2.40. The number of aromatic nitrogens is 1. The smallest absolute Gasteiger partial charge is 0.255 e. The number of hydrogen-bond donors (Lipinski definition) is 1. The number of fused-ring (bicyclic) bond motifs is 1. The summed E-state index contributed by atoms with van der Waals surface area (Å²) in [6, 6.07) is 14.6. The van der Waals surface area contributed by atoms with Crippen LogP contribution >= 0.6 is 0 Å². The van der Waals surface area contributed by atoms with Crippen molar-refractivity contribution in [3.05, 3.63) is 71.5 Å². The van der Waals surface area contributed by atoms with Gasteiger partial charge in [0.25, 0.3) is 5.91 Å². The zero-order chi connectivity index (χ0) is 28.4. The average molecular weight is 566 g/mol. The average Bonchev–Trinajstić information content (AvgIpc) is 3.71. The zero-order valence-corrected chi connectivity index (χ0v) is 23.6. The fourth-order valence-corrected chi connectivity index (χ4v) is 5.65. The molecule has 1 aliphatic carbocycles. The minimum atomic E-state index is -3.59. The monoisotopic (exact) mass is 565 g/mol. The maximum Gasteiger partial charge on any atom is 0.255 e. The number of carbonyl (C=O) groups is 1. The molecule has 2 heterocycles. The molecule has 2 aromatic heterocycles. The van der Waals surface area contributed by atoms with Crippen molar-refractivity contribution in [2.45, 2.75) is 44.9 Å². The first-order chi connectivity index (χ1) is 19.2. The summed E-state index contributed by atoms with van der Waals surface area (Å²) in [5.74, 6) is 1.21. The molecule has 0 spiro atoms. The Hall–Kier alpha value is -3.92. The van der Waals surface area contributed by atoms with Crippen molar-refractivity contribution >= 4 is 32.8 Å². The van der Waals surface area contributed by atoms with E-state index in [1.807, 2.05) is 6.07 Å². The van der Waals surface area contributed by atoms with Crippen LogP contribution in [0, 0.1) is 5.82 Å². The van der Waals surface area contributed by atoms with E-state index < -0.39 is 10.0 Å². The van der Waals surface area contributed by atoms with Gasteiger partial charge in [0.2, 0.25) is 15.7 Å². The molecule has 0 unspecified atom stereocenters. The predicted molar refractivity (Wildman–Crippen MR) is 153 cm³/mol. The van der Waals surface area contributed by atoms with Crippen molar-refractivity contribution < 1.29 is 26.8 Å². The highest BCUT2D eigenvalue weighted by Crippen LogP contribution is 2.47. The number of nitrogens with zero attached hydrogens (tertiary/aromatic N) is 2. The summed E-state index contributed by atoms with van der Waals surface area (Å²) < 4.78 is 52.3. The minimum absolute atomic E-state index is 0.182. The Labute approximate surface area is 233 Å². The Bertz CT molecular complexity index is 1630. The number of anilines is 1. The van der Waals surface area contributed by atoms with Gasteiger partial charge in [-0.05, 0) is 85.3 Å². The molecular weight excluding hydrogens is 533 g/mol. The van der Waals surface area contributed by atoms with E-state index in [9.17, 15) is 17.6 Å². The summed E-state index contributed by atoms with van der Waals surface area (Å²) in [5, 5.41) is 3.23. The second-order valence-electron chi connectivity index (χ2n) is 10.0. The van der Waals surface area contributed by atoms with Gasteiger partial charge in [-0.25, -0.2) is 12.8 Å². The Morgan fingerprint density at radius 1 is 1.10 bits per heavy atom. The number of benzene rings is 2. The van der Waals surface area contributed by atoms with E-state index in [-0.39, 0.29) is 23.4 Å². The molecule has 40 heavy (non-hydrogen) atoms. The fraction of sp³-hybridized carbons (Fsp3) is 0.333. The molecule has 1 saturated carbocycles. The van der Waals surface area contributed by atoms with Crippen LogP contribution in [0.5, 0.6) is 11.5 Å². The minimum Gasteiger partial charge on any atom is -0.457 e. The van der Waals surface area contributed by atoms with Crippen LogP contribution in [0.2, 0.25) is 0 Å². The van der Waals surface area contributed by atoms with Crippen LogP contribution in [-0.4, -0.2) is 39.2 Å². The lowest BCUT2D eigenvalue weighted by molar-refractivity contribution is 0.0964. The number of rotatable bonds is 11. The number of unbranched alkanes of at least 4 members (excludes halogenated alkanes) is 2. The summed E-state index contributed by atoms with van der Waals surface area (Å²) in [7, 11) is -2.04. The standard InChI is InChI=1S/C30H32FN3O5S/c1-4-5-6-17-34(40(3,36)37)28-24(19-7-8-19)18-25-26(29(35)32-2)27(39-30(25)33-28)20-9-13-22(14-10-20)38-23-15-11-21(31)12-16-23/h9-16,18-19H,4-8,17H2,1-3H3,(H,32,35). The third kappa shape index (κ3) is 5.82. The number of hydrogen-bond acceptors (Lipinski definition) is 6. The molecule has 0 bridgehead atoms. The van der Waals surface area contributed by atoms with Crippen LogP contribution in [-0.2, 0) is 10.0 Å². The molecule has 1 N–H and O–H groups in total. The van der Waals surface area contributed by atoms with Crippen LogP contribution < -0.4 is 14.4 Å². The molecule has 0 saturated heterocycles. The fourth-order valence-electron chi connectivity index (χ4n) is 4.73. The Morgan fingerprint density at radius 3 is 2.33 bits per heavy atom. The second kappa shape index (κ2) is 11.3. The van der Waals surface area contributed by atoms with Gasteiger partial charge in [-0.1, -0.05) is 19.8 Å². The maximum atomic E-state index is 13.2. The van der Waals surface area contributed by atoms with Crippen molar-refractivity contribution in [3.8, 4) is 22.8 Å². The molecule has 1 amide bonds. The SMILES string of the molecule is CCCCCN(c1nc2oc(-c3ccc(Oc4ccc(F)cc4)cc3)c(C(=O)NC)c2cc1C1CC1)S(C)(=O)=O. The third-order valence-electron chi connectivity index (χ3n) is 6.93. The van der Waals surface area contributed by atoms with E-state index in [0.717, 1.165) is 31.2 Å². The van der Waals surface area contributed by atoms with Crippen LogP contribution in [0.4, 0.5) is 10.2 Å². The third-order valence-corrected chi connectivity index (χ3v) is 8.09. The van der Waals surface area contributed by atoms with E-state index >= 15 is 0 Å². The first kappa shape index (κ1) is 27.6. The summed E-state index contributed by atoms with van der Waals surface area (Å²) >= 11 is 0. The molecule has 1 aliphatic rings. The van der Waals surface area contributed by atoms with E-state index in [0.29, 0.717) is 52.6 Å². The predicted octanol–water partition coefficient (Wildman–Crippen LogP) is 6.62. The van der Waals surface area contributed by atoms with E-state index in [1.165, 1.54) is 34.8 Å². The van der Waals surface area contributed by atoms with Crippen molar-refractivity contribution in [2.75, 3.05) is 24.2 Å². The topological polar surface area (TPSA) is 102 Å². The number of ether oxygens (including phenoxy) is 1. The van der Waals surface area contributed by atoms with Gasteiger partial charge in [0.15, 0.2) is 0 Å². The summed E-state index contributed by atoms with van der Waals surface area (Å²) in [4.78, 5) is 17.8. The zero-order valence-electron chi connectivity index (χ0n) is 22.7. The van der Waals surface area contributed by atoms with Gasteiger partial charge < -0.3 is 14.5 Å². The van der Waals surface area contributed by atoms with E-state index in [4.69, 9.17) is 14.1 Å². The Morgan fingerprint density at radius 2 is 1.75 bits per heavy atom. The second-order valence-corrected chi connectivity index (χ2v) is 11.9. The molecule has 5 rings (SSSR count). The molecular formula is C30H32FN3O5S. The molecule has 8 nitrogen and oxygen atoms in total. The van der Waals surface area contributed by atoms with Crippen LogP contribution in [0.15, 0.2) is 59.0 Å². The highest BCUT2D eigenvalue weighted by Gasteiger charge is 2.34. The van der Waals surface area contributed by atoms with Gasteiger partial charge in [-0.2, -0.15) is 4.98 Å². The number of sulfonamides is 1. The molecule has 2 aromatic carbocycles. The van der Waals surface area contributed by atoms with Gasteiger partial charge in [0, 0.05) is 19.2 Å². The molecule has 0 atom stereocenters. The van der Waals surface area contributed by atoms with E-state index in [2.05, 4.69) is 12.2 Å². The lowest BCUT2D eigenvalue weighted by Crippen LogP contribution is -2.32. The van der Waals surface area contributed by atoms with Gasteiger partial charge in [-0.3, -0.25) is 9.10 Å². The normalized spacial score (nSPS) is 13.4. The molecule has 10 heteroatoms. The molecule has 4 aromatic rings. The van der Waals surface area contributed by atoms with E-state index in [1.54, 1.807) is 31.3 Å². The van der Waals surface area contributed by atoms with Crippen LogP contribution in [0.3, 0.4) is 0 Å². The van der Waals surface area contributed by atoms with Crippen molar-refractivity contribution in [3.63, 3.8) is 0 Å². The Kier molecular flexibility index (Phi) is 7.80. The largest absolute Gasteiger partial charge is 0.457 e. The van der Waals surface area contributed by atoms with Crippen LogP contribution in [0.1, 0.15) is 60.9 Å². The molecule has 0 aliphatic heterocycles. The van der Waals surface area contributed by atoms with Gasteiger partial charge in [0.1, 0.15) is 28.9 Å². The molecule has 210 valence electrons. The number of amides is 1. The first-order valence-corrected chi connectivity index (χ1v) is 15.3. The van der Waals surface area contributed by atoms with Crippen LogP contribution in [0.25, 0.3) is 22.4 Å². The van der Waals surface area contributed by atoms with Gasteiger partial charge in [-0.15, -0.1) is 0 Å².